The van der Waals surface area contributed by atoms with E-state index >= 15 is 0 Å². The van der Waals surface area contributed by atoms with Crippen LogP contribution in [0.4, 0.5) is 4.39 Å². The van der Waals surface area contributed by atoms with Crippen molar-refractivity contribution in [2.24, 2.45) is 34.5 Å². The minimum absolute atomic E-state index is 0.299. The van der Waals surface area contributed by atoms with Crippen LogP contribution in [0.1, 0.15) is 77.2 Å². The molecule has 3 saturated carbocycles. The highest BCUT2D eigenvalue weighted by Crippen LogP contribution is 2.65. The predicted octanol–water partition coefficient (Wildman–Crippen LogP) is 7.54. The Balaban J connectivity index is 1.41. The minimum atomic E-state index is -0.586. The van der Waals surface area contributed by atoms with Crippen LogP contribution in [0.2, 0.25) is 0 Å². The lowest BCUT2D eigenvalue weighted by atomic mass is 9.49. The molecule has 28 heavy (non-hydrogen) atoms. The van der Waals surface area contributed by atoms with Crippen LogP contribution in [-0.4, -0.2) is 6.17 Å². The summed E-state index contributed by atoms with van der Waals surface area (Å²) in [6, 6.07) is 11.2. The van der Waals surface area contributed by atoms with Gasteiger partial charge in [-0.2, -0.15) is 0 Å². The predicted molar refractivity (Wildman–Crippen MR) is 115 cm³/mol. The fraction of sp³-hybridized carbons (Fsp3) is 0.704. The Morgan fingerprint density at radius 2 is 1.75 bits per heavy atom. The van der Waals surface area contributed by atoms with Gasteiger partial charge in [0, 0.05) is 6.42 Å². The lowest BCUT2D eigenvalue weighted by Gasteiger charge is -2.56. The maximum atomic E-state index is 14.1. The van der Waals surface area contributed by atoms with Crippen LogP contribution in [-0.2, 0) is 6.42 Å². The monoisotopic (exact) mass is 380 g/mol. The second-order valence-corrected chi connectivity index (χ2v) is 10.8. The van der Waals surface area contributed by atoms with Crippen LogP contribution in [0.25, 0.3) is 0 Å². The van der Waals surface area contributed by atoms with Gasteiger partial charge in [0.1, 0.15) is 6.17 Å². The Hall–Kier alpha value is -1.11. The average molecular weight is 381 g/mol. The first-order chi connectivity index (χ1) is 13.6. The normalized spacial score (nSPS) is 45.0. The highest BCUT2D eigenvalue weighted by Gasteiger charge is 2.57. The molecule has 0 heterocycles. The van der Waals surface area contributed by atoms with E-state index in [2.05, 4.69) is 50.3 Å². The number of hydrogen-bond donors (Lipinski definition) is 0. The summed E-state index contributed by atoms with van der Waals surface area (Å²) < 4.78 is 14.1. The Bertz CT molecular complexity index is 736. The van der Waals surface area contributed by atoms with E-state index in [1.165, 1.54) is 56.1 Å². The summed E-state index contributed by atoms with van der Waals surface area (Å²) in [4.78, 5) is 0. The van der Waals surface area contributed by atoms with Crippen molar-refractivity contribution in [1.82, 2.24) is 0 Å². The fourth-order valence-corrected chi connectivity index (χ4v) is 8.32. The third-order valence-electron chi connectivity index (χ3n) is 9.84. The second kappa shape index (κ2) is 6.99. The first-order valence-electron chi connectivity index (χ1n) is 11.9. The Morgan fingerprint density at radius 3 is 2.54 bits per heavy atom. The first kappa shape index (κ1) is 18.9. The molecule has 0 nitrogen and oxygen atoms in total. The van der Waals surface area contributed by atoms with Crippen molar-refractivity contribution in [3.63, 3.8) is 0 Å². The second-order valence-electron chi connectivity index (χ2n) is 10.8. The molecule has 0 radical (unpaired) electrons. The van der Waals surface area contributed by atoms with Crippen LogP contribution in [0.5, 0.6) is 0 Å². The molecule has 7 atom stereocenters. The van der Waals surface area contributed by atoms with E-state index < -0.39 is 6.17 Å². The van der Waals surface area contributed by atoms with Crippen molar-refractivity contribution in [1.29, 1.82) is 0 Å². The summed E-state index contributed by atoms with van der Waals surface area (Å²) >= 11 is 0. The van der Waals surface area contributed by atoms with Crippen molar-refractivity contribution in [3.8, 4) is 0 Å². The van der Waals surface area contributed by atoms with E-state index in [1.54, 1.807) is 0 Å². The zero-order chi connectivity index (χ0) is 19.4. The van der Waals surface area contributed by atoms with Crippen LogP contribution in [0.3, 0.4) is 0 Å². The quantitative estimate of drug-likeness (QED) is 0.475. The first-order valence-corrected chi connectivity index (χ1v) is 11.9. The molecule has 0 aromatic heterocycles. The number of allylic oxidation sites excluding steroid dienone is 2. The number of hydrogen-bond acceptors (Lipinski definition) is 0. The lowest BCUT2D eigenvalue weighted by molar-refractivity contribution is -0.0196. The van der Waals surface area contributed by atoms with Gasteiger partial charge in [-0.15, -0.1) is 0 Å². The van der Waals surface area contributed by atoms with Crippen molar-refractivity contribution >= 4 is 0 Å². The summed E-state index contributed by atoms with van der Waals surface area (Å²) in [6.45, 7) is 4.94. The molecule has 5 rings (SSSR count). The molecule has 3 fully saturated rings. The topological polar surface area (TPSA) is 0 Å². The van der Waals surface area contributed by atoms with E-state index in [-0.39, 0.29) is 0 Å². The largest absolute Gasteiger partial charge is 0.247 e. The molecule has 0 N–H and O–H groups in total. The van der Waals surface area contributed by atoms with Gasteiger partial charge in [0.15, 0.2) is 0 Å². The molecule has 152 valence electrons. The summed E-state index contributed by atoms with van der Waals surface area (Å²) in [7, 11) is 0. The zero-order valence-electron chi connectivity index (χ0n) is 17.8. The molecule has 4 aliphatic rings. The summed E-state index contributed by atoms with van der Waals surface area (Å²) in [5.41, 5.74) is 3.83. The van der Waals surface area contributed by atoms with Crippen LogP contribution in [0.15, 0.2) is 42.0 Å². The average Bonchev–Trinajstić information content (AvgIpc) is 3.08. The minimum Gasteiger partial charge on any atom is -0.247 e. The molecule has 0 bridgehead atoms. The van der Waals surface area contributed by atoms with Crippen LogP contribution < -0.4 is 0 Å². The molecule has 1 heteroatoms. The van der Waals surface area contributed by atoms with Crippen molar-refractivity contribution in [3.05, 3.63) is 47.5 Å². The number of alkyl halides is 1. The number of rotatable bonds is 3. The smallest absolute Gasteiger partial charge is 0.104 e. The highest BCUT2D eigenvalue weighted by atomic mass is 19.1. The molecule has 1 aromatic rings. The molecule has 0 spiro atoms. The Morgan fingerprint density at radius 1 is 0.964 bits per heavy atom. The summed E-state index contributed by atoms with van der Waals surface area (Å²) in [6.07, 6.45) is 14.0. The third kappa shape index (κ3) is 2.83. The van der Waals surface area contributed by atoms with Gasteiger partial charge in [0.25, 0.3) is 0 Å². The van der Waals surface area contributed by atoms with E-state index in [0.29, 0.717) is 10.8 Å². The van der Waals surface area contributed by atoms with Crippen LogP contribution >= 0.6 is 0 Å². The number of halogens is 1. The van der Waals surface area contributed by atoms with E-state index in [9.17, 15) is 4.39 Å². The number of fused-ring (bicyclic) bond motifs is 5. The molecular weight excluding hydrogens is 343 g/mol. The fourth-order valence-electron chi connectivity index (χ4n) is 8.32. The van der Waals surface area contributed by atoms with E-state index in [4.69, 9.17) is 0 Å². The number of benzene rings is 1. The standard InChI is InChI=1S/C27H37F/c1-3-27(18-19-7-5-4-6-8-19)16-14-23-22-10-9-20-17-21(28)13-15-26(20,2)24(22)11-12-25(23)27/h4-9,21-25H,3,10-18H2,1-2H3. The maximum absolute atomic E-state index is 14.1. The van der Waals surface area contributed by atoms with E-state index in [1.807, 2.05) is 0 Å². The molecule has 0 saturated heterocycles. The van der Waals surface area contributed by atoms with Crippen molar-refractivity contribution in [2.75, 3.05) is 0 Å². The molecule has 1 aromatic carbocycles. The van der Waals surface area contributed by atoms with Gasteiger partial charge in [-0.05, 0) is 97.9 Å². The van der Waals surface area contributed by atoms with Gasteiger partial charge in [0.2, 0.25) is 0 Å². The third-order valence-corrected chi connectivity index (χ3v) is 9.84. The van der Waals surface area contributed by atoms with E-state index in [0.717, 1.165) is 42.9 Å². The SMILES string of the molecule is CCC1(Cc2ccccc2)CCC2C3CC=C4CC(F)CCC4(C)C3CCC21. The zero-order valence-corrected chi connectivity index (χ0v) is 17.8. The van der Waals surface area contributed by atoms with Gasteiger partial charge in [-0.3, -0.25) is 0 Å². The van der Waals surface area contributed by atoms with Crippen molar-refractivity contribution < 1.29 is 4.39 Å². The van der Waals surface area contributed by atoms with Gasteiger partial charge >= 0.3 is 0 Å². The lowest BCUT2D eigenvalue weighted by Crippen LogP contribution is -2.48. The Kier molecular flexibility index (Phi) is 4.72. The van der Waals surface area contributed by atoms with Crippen LogP contribution in [0, 0.1) is 34.5 Å². The molecule has 0 amide bonds. The Labute approximate surface area is 171 Å². The van der Waals surface area contributed by atoms with Gasteiger partial charge < -0.3 is 0 Å². The molecular formula is C27H37F. The van der Waals surface area contributed by atoms with Gasteiger partial charge in [0.05, 0.1) is 0 Å². The molecule has 4 aliphatic carbocycles. The van der Waals surface area contributed by atoms with Gasteiger partial charge in [-0.1, -0.05) is 55.8 Å². The molecule has 7 unspecified atom stereocenters. The summed E-state index contributed by atoms with van der Waals surface area (Å²) in [5.74, 6) is 3.47. The highest BCUT2D eigenvalue weighted by molar-refractivity contribution is 5.26. The maximum Gasteiger partial charge on any atom is 0.104 e. The van der Waals surface area contributed by atoms with Crippen molar-refractivity contribution in [2.45, 2.75) is 84.2 Å². The molecule has 0 aliphatic heterocycles. The summed E-state index contributed by atoms with van der Waals surface area (Å²) in [5, 5.41) is 0. The van der Waals surface area contributed by atoms with Gasteiger partial charge in [-0.25, -0.2) is 4.39 Å².